The van der Waals surface area contributed by atoms with Gasteiger partial charge in [0.1, 0.15) is 0 Å². The second-order valence-corrected chi connectivity index (χ2v) is 3.53. The first-order valence-corrected chi connectivity index (χ1v) is 4.47. The zero-order valence-corrected chi connectivity index (χ0v) is 7.85. The quantitative estimate of drug-likeness (QED) is 0.668. The molecule has 1 rings (SSSR count). The molecule has 0 saturated heterocycles. The lowest BCUT2D eigenvalue weighted by Crippen LogP contribution is -2.13. The summed E-state index contributed by atoms with van der Waals surface area (Å²) in [5, 5.41) is 0. The molecule has 0 aromatic carbocycles. The fraction of sp³-hybridized carbons (Fsp3) is 0.778. The van der Waals surface area contributed by atoms with Gasteiger partial charge in [-0.3, -0.25) is 4.94 Å². The monoisotopic (exact) mass is 192 g/mol. The van der Waals surface area contributed by atoms with Crippen LogP contribution in [0, 0.1) is 5.92 Å². The number of halogens is 2. The van der Waals surface area contributed by atoms with E-state index in [1.54, 1.807) is 6.92 Å². The number of allylic oxidation sites excluding steroid dienone is 1. The third-order valence-corrected chi connectivity index (χ3v) is 2.71. The molecule has 1 aliphatic rings. The molecule has 2 nitrogen and oxygen atoms in total. The summed E-state index contributed by atoms with van der Waals surface area (Å²) in [4.78, 5) is 7.34. The molecule has 2 atom stereocenters. The molecule has 76 valence electrons. The van der Waals surface area contributed by atoms with Gasteiger partial charge in [0.05, 0.1) is 0 Å². The van der Waals surface area contributed by atoms with E-state index in [-0.39, 0.29) is 11.7 Å². The van der Waals surface area contributed by atoms with Gasteiger partial charge in [0, 0.05) is 4.53 Å². The van der Waals surface area contributed by atoms with Crippen LogP contribution in [0.2, 0.25) is 0 Å². The van der Waals surface area contributed by atoms with Crippen molar-refractivity contribution in [1.82, 2.24) is 0 Å². The van der Waals surface area contributed by atoms with E-state index >= 15 is 0 Å². The number of hydrogen-bond acceptors (Lipinski definition) is 2. The first-order valence-electron chi connectivity index (χ1n) is 4.47. The van der Waals surface area contributed by atoms with Crippen LogP contribution >= 0.6 is 0 Å². The second kappa shape index (κ2) is 4.56. The van der Waals surface area contributed by atoms with Gasteiger partial charge in [-0.05, 0) is 42.2 Å². The molecule has 0 aliphatic heterocycles. The highest BCUT2D eigenvalue weighted by Gasteiger charge is 2.27. The van der Waals surface area contributed by atoms with E-state index in [0.29, 0.717) is 6.42 Å². The molecule has 0 aromatic heterocycles. The van der Waals surface area contributed by atoms with Crippen LogP contribution in [-0.2, 0) is 9.88 Å². The standard InChI is InChI=1S/C9H14F2O2/c1-6-4-3-5-8(12-10)9(13-11)7(6)2/h6,8H,3-5H2,1-2H3/t6-,8+/m0/s1. The topological polar surface area (TPSA) is 18.5 Å². The van der Waals surface area contributed by atoms with Crippen molar-refractivity contribution in [3.8, 4) is 0 Å². The zero-order valence-electron chi connectivity index (χ0n) is 7.85. The van der Waals surface area contributed by atoms with Gasteiger partial charge >= 0.3 is 0 Å². The van der Waals surface area contributed by atoms with Crippen molar-refractivity contribution >= 4 is 0 Å². The van der Waals surface area contributed by atoms with Crippen molar-refractivity contribution in [2.24, 2.45) is 5.92 Å². The highest BCUT2D eigenvalue weighted by Crippen LogP contribution is 2.31. The van der Waals surface area contributed by atoms with E-state index in [4.69, 9.17) is 0 Å². The molecule has 4 heteroatoms. The maximum absolute atomic E-state index is 12.1. The van der Waals surface area contributed by atoms with E-state index < -0.39 is 6.10 Å². The van der Waals surface area contributed by atoms with Gasteiger partial charge in [-0.1, -0.05) is 6.92 Å². The second-order valence-electron chi connectivity index (χ2n) is 3.53. The van der Waals surface area contributed by atoms with Crippen LogP contribution in [0.25, 0.3) is 0 Å². The maximum Gasteiger partial charge on any atom is 0.180 e. The molecule has 1 aliphatic carbocycles. The summed E-state index contributed by atoms with van der Waals surface area (Å²) >= 11 is 0. The van der Waals surface area contributed by atoms with E-state index in [1.165, 1.54) is 0 Å². The van der Waals surface area contributed by atoms with Gasteiger partial charge in [-0.2, -0.15) is 4.94 Å². The summed E-state index contributed by atoms with van der Waals surface area (Å²) in [5.74, 6) is 0.235. The minimum Gasteiger partial charge on any atom is -0.296 e. The molecule has 13 heavy (non-hydrogen) atoms. The molecule has 0 heterocycles. The summed E-state index contributed by atoms with van der Waals surface area (Å²) in [6, 6.07) is 0. The highest BCUT2D eigenvalue weighted by molar-refractivity contribution is 5.14. The summed E-state index contributed by atoms with van der Waals surface area (Å²) in [6.45, 7) is 3.71. The first-order chi connectivity index (χ1) is 6.20. The van der Waals surface area contributed by atoms with Gasteiger partial charge in [0.2, 0.25) is 0 Å². The van der Waals surface area contributed by atoms with Crippen LogP contribution in [0.1, 0.15) is 33.1 Å². The fourth-order valence-corrected chi connectivity index (χ4v) is 1.65. The molecule has 0 amide bonds. The van der Waals surface area contributed by atoms with E-state index in [1.807, 2.05) is 6.92 Å². The maximum atomic E-state index is 12.1. The van der Waals surface area contributed by atoms with Crippen molar-refractivity contribution in [1.29, 1.82) is 0 Å². The molecule has 0 aromatic rings. The van der Waals surface area contributed by atoms with Gasteiger partial charge in [-0.15, -0.1) is 0 Å². The minimum atomic E-state index is -0.866. The Morgan fingerprint density at radius 2 is 2.00 bits per heavy atom. The van der Waals surface area contributed by atoms with Crippen LogP contribution in [0.4, 0.5) is 9.05 Å². The Morgan fingerprint density at radius 3 is 2.54 bits per heavy atom. The highest BCUT2D eigenvalue weighted by atomic mass is 19.3. The summed E-state index contributed by atoms with van der Waals surface area (Å²) in [5.41, 5.74) is 0.739. The lowest BCUT2D eigenvalue weighted by Gasteiger charge is -2.12. The average molecular weight is 192 g/mol. The Morgan fingerprint density at radius 1 is 1.31 bits per heavy atom. The van der Waals surface area contributed by atoms with Crippen LogP contribution < -0.4 is 0 Å². The molecule has 0 spiro atoms. The smallest absolute Gasteiger partial charge is 0.180 e. The van der Waals surface area contributed by atoms with Gasteiger partial charge in [0.15, 0.2) is 11.9 Å². The summed E-state index contributed by atoms with van der Waals surface area (Å²) < 4.78 is 24.1. The number of hydrogen-bond donors (Lipinski definition) is 0. The van der Waals surface area contributed by atoms with Crippen LogP contribution in [0.15, 0.2) is 11.3 Å². The first kappa shape index (κ1) is 10.4. The molecule has 0 unspecified atom stereocenters. The van der Waals surface area contributed by atoms with Gasteiger partial charge in [-0.25, -0.2) is 0 Å². The molecule has 0 N–H and O–H groups in total. The van der Waals surface area contributed by atoms with E-state index in [0.717, 1.165) is 18.4 Å². The Labute approximate surface area is 76.3 Å². The van der Waals surface area contributed by atoms with Crippen molar-refractivity contribution in [3.63, 3.8) is 0 Å². The van der Waals surface area contributed by atoms with Crippen LogP contribution in [0.5, 0.6) is 0 Å². The molecular formula is C9H14F2O2. The van der Waals surface area contributed by atoms with Crippen LogP contribution in [-0.4, -0.2) is 6.10 Å². The van der Waals surface area contributed by atoms with Crippen molar-refractivity contribution in [3.05, 3.63) is 11.3 Å². The predicted octanol–water partition coefficient (Wildman–Crippen LogP) is 3.25. The van der Waals surface area contributed by atoms with Gasteiger partial charge in [0.25, 0.3) is 0 Å². The van der Waals surface area contributed by atoms with Crippen molar-refractivity contribution < 1.29 is 18.9 Å². The predicted molar refractivity (Wildman–Crippen MR) is 43.9 cm³/mol. The third-order valence-electron chi connectivity index (χ3n) is 2.71. The Balaban J connectivity index is 2.88. The van der Waals surface area contributed by atoms with E-state index in [9.17, 15) is 9.05 Å². The largest absolute Gasteiger partial charge is 0.296 e. The van der Waals surface area contributed by atoms with E-state index in [2.05, 4.69) is 9.88 Å². The van der Waals surface area contributed by atoms with Crippen molar-refractivity contribution in [2.45, 2.75) is 39.2 Å². The molecule has 0 bridgehead atoms. The Hall–Kier alpha value is -0.640. The SMILES string of the molecule is CC1=C(OF)[C@H](OF)CCC[C@@H]1C. The summed E-state index contributed by atoms with van der Waals surface area (Å²) in [6.07, 6.45) is 1.34. The zero-order chi connectivity index (χ0) is 9.84. The molecule has 0 fully saturated rings. The van der Waals surface area contributed by atoms with Gasteiger partial charge < -0.3 is 0 Å². The molecular weight excluding hydrogens is 178 g/mol. The minimum absolute atomic E-state index is 0.00694. The Kier molecular flexibility index (Phi) is 3.66. The van der Waals surface area contributed by atoms with Crippen molar-refractivity contribution in [2.75, 3.05) is 0 Å². The molecule has 0 radical (unpaired) electrons. The Bertz CT molecular complexity index is 204. The normalized spacial score (nSPS) is 30.2. The van der Waals surface area contributed by atoms with Crippen LogP contribution in [0.3, 0.4) is 0 Å². The average Bonchev–Trinajstić information content (AvgIpc) is 2.27. The number of rotatable bonds is 2. The third kappa shape index (κ3) is 2.18. The summed E-state index contributed by atoms with van der Waals surface area (Å²) in [7, 11) is 0. The fourth-order valence-electron chi connectivity index (χ4n) is 1.65. The lowest BCUT2D eigenvalue weighted by molar-refractivity contribution is -0.204. The molecule has 0 saturated carbocycles. The lowest BCUT2D eigenvalue weighted by atomic mass is 9.99.